The van der Waals surface area contributed by atoms with Crippen LogP contribution in [0.3, 0.4) is 0 Å². The Hall–Kier alpha value is -0.820. The fourth-order valence-electron chi connectivity index (χ4n) is 4.76. The summed E-state index contributed by atoms with van der Waals surface area (Å²) in [5, 5.41) is 3.84. The van der Waals surface area contributed by atoms with Gasteiger partial charge in [-0.2, -0.15) is 0 Å². The van der Waals surface area contributed by atoms with Gasteiger partial charge in [-0.1, -0.05) is 31.5 Å². The van der Waals surface area contributed by atoms with E-state index < -0.39 is 0 Å². The molecule has 0 heterocycles. The van der Waals surface area contributed by atoms with Crippen molar-refractivity contribution in [2.45, 2.75) is 65.3 Å². The predicted molar refractivity (Wildman–Crippen MR) is 90.5 cm³/mol. The second-order valence-electron chi connectivity index (χ2n) is 7.47. The summed E-state index contributed by atoms with van der Waals surface area (Å²) in [6.45, 7) is 7.95. The van der Waals surface area contributed by atoms with Gasteiger partial charge in [-0.15, -0.1) is 0 Å². The Bertz CT molecular complexity index is 479. The smallest absolute Gasteiger partial charge is 0.0325 e. The van der Waals surface area contributed by atoms with Crippen LogP contribution in [0, 0.1) is 31.6 Å². The lowest BCUT2D eigenvalue weighted by molar-refractivity contribution is 0.279. The van der Waals surface area contributed by atoms with Gasteiger partial charge in [0, 0.05) is 6.04 Å². The Morgan fingerprint density at radius 3 is 2.71 bits per heavy atom. The molecule has 4 unspecified atom stereocenters. The number of nitrogens with one attached hydrogen (secondary N) is 1. The fraction of sp³-hybridized carbons (Fsp3) is 0.700. The Balaban J connectivity index is 1.75. The first-order chi connectivity index (χ1) is 10.2. The minimum absolute atomic E-state index is 0.564. The van der Waals surface area contributed by atoms with E-state index in [0.717, 1.165) is 24.3 Å². The van der Waals surface area contributed by atoms with Crippen molar-refractivity contribution in [1.29, 1.82) is 0 Å². The summed E-state index contributed by atoms with van der Waals surface area (Å²) in [7, 11) is 0. The highest BCUT2D eigenvalue weighted by Crippen LogP contribution is 2.51. The van der Waals surface area contributed by atoms with Crippen molar-refractivity contribution in [3.63, 3.8) is 0 Å². The van der Waals surface area contributed by atoms with Gasteiger partial charge in [-0.05, 0) is 86.9 Å². The molecule has 0 aliphatic heterocycles. The third-order valence-electron chi connectivity index (χ3n) is 6.09. The van der Waals surface area contributed by atoms with Gasteiger partial charge in [0.2, 0.25) is 0 Å². The van der Waals surface area contributed by atoms with Crippen LogP contribution in [0.15, 0.2) is 18.2 Å². The van der Waals surface area contributed by atoms with Gasteiger partial charge in [0.15, 0.2) is 0 Å². The molecule has 2 aliphatic rings. The molecule has 0 saturated heterocycles. The summed E-state index contributed by atoms with van der Waals surface area (Å²) in [5.41, 5.74) is 4.48. The summed E-state index contributed by atoms with van der Waals surface area (Å²) >= 11 is 0. The molecule has 3 rings (SSSR count). The molecule has 1 aromatic carbocycles. The van der Waals surface area contributed by atoms with Crippen LogP contribution in [0.4, 0.5) is 0 Å². The molecular weight excluding hydrogens is 254 g/mol. The maximum atomic E-state index is 3.84. The molecule has 2 bridgehead atoms. The van der Waals surface area contributed by atoms with E-state index in [4.69, 9.17) is 0 Å². The van der Waals surface area contributed by atoms with E-state index in [-0.39, 0.29) is 0 Å². The van der Waals surface area contributed by atoms with E-state index in [9.17, 15) is 0 Å². The Morgan fingerprint density at radius 1 is 1.19 bits per heavy atom. The average molecular weight is 285 g/mol. The van der Waals surface area contributed by atoms with Crippen molar-refractivity contribution < 1.29 is 0 Å². The number of hydrogen-bond acceptors (Lipinski definition) is 1. The molecule has 21 heavy (non-hydrogen) atoms. The highest BCUT2D eigenvalue weighted by atomic mass is 14.9. The maximum Gasteiger partial charge on any atom is 0.0325 e. The zero-order valence-electron chi connectivity index (χ0n) is 14.0. The van der Waals surface area contributed by atoms with E-state index in [2.05, 4.69) is 44.3 Å². The molecule has 4 atom stereocenters. The minimum atomic E-state index is 0.564. The van der Waals surface area contributed by atoms with E-state index in [1.807, 2.05) is 0 Å². The van der Waals surface area contributed by atoms with Crippen LogP contribution in [0.25, 0.3) is 0 Å². The minimum Gasteiger partial charge on any atom is -0.310 e. The third-order valence-corrected chi connectivity index (χ3v) is 6.09. The predicted octanol–water partition coefficient (Wildman–Crippen LogP) is 5.17. The molecule has 2 fully saturated rings. The van der Waals surface area contributed by atoms with Gasteiger partial charge in [0.1, 0.15) is 0 Å². The number of benzene rings is 1. The Kier molecular flexibility index (Phi) is 4.69. The van der Waals surface area contributed by atoms with Crippen LogP contribution in [-0.4, -0.2) is 6.54 Å². The lowest BCUT2D eigenvalue weighted by Gasteiger charge is -2.29. The monoisotopic (exact) mass is 285 g/mol. The van der Waals surface area contributed by atoms with Crippen LogP contribution in [-0.2, 0) is 0 Å². The van der Waals surface area contributed by atoms with Crippen molar-refractivity contribution in [3.8, 4) is 0 Å². The second kappa shape index (κ2) is 6.52. The normalized spacial score (nSPS) is 29.0. The van der Waals surface area contributed by atoms with E-state index in [1.54, 1.807) is 5.56 Å². The largest absolute Gasteiger partial charge is 0.310 e. The van der Waals surface area contributed by atoms with Crippen LogP contribution < -0.4 is 5.32 Å². The Morgan fingerprint density at radius 2 is 2.05 bits per heavy atom. The van der Waals surface area contributed by atoms with E-state index >= 15 is 0 Å². The molecule has 0 radical (unpaired) electrons. The van der Waals surface area contributed by atoms with E-state index in [1.165, 1.54) is 49.7 Å². The van der Waals surface area contributed by atoms with Crippen LogP contribution >= 0.6 is 0 Å². The summed E-state index contributed by atoms with van der Waals surface area (Å²) in [6.07, 6.45) is 8.61. The molecule has 1 aromatic rings. The topological polar surface area (TPSA) is 12.0 Å². The first-order valence-corrected chi connectivity index (χ1v) is 8.98. The van der Waals surface area contributed by atoms with Gasteiger partial charge >= 0.3 is 0 Å². The van der Waals surface area contributed by atoms with Crippen LogP contribution in [0.1, 0.15) is 68.2 Å². The maximum absolute atomic E-state index is 3.84. The third kappa shape index (κ3) is 3.18. The summed E-state index contributed by atoms with van der Waals surface area (Å²) in [6, 6.07) is 7.39. The molecule has 1 nitrogen and oxygen atoms in total. The first-order valence-electron chi connectivity index (χ1n) is 8.98. The van der Waals surface area contributed by atoms with Gasteiger partial charge < -0.3 is 5.32 Å². The molecular formula is C20H31N. The van der Waals surface area contributed by atoms with Crippen molar-refractivity contribution in [3.05, 3.63) is 34.9 Å². The SMILES string of the molecule is CCCNC(CC1CC2CCC1C2)c1cccc(C)c1C. The van der Waals surface area contributed by atoms with E-state index in [0.29, 0.717) is 6.04 Å². The molecule has 0 aromatic heterocycles. The highest BCUT2D eigenvalue weighted by Gasteiger charge is 2.40. The van der Waals surface area contributed by atoms with Crippen molar-refractivity contribution in [1.82, 2.24) is 5.32 Å². The second-order valence-corrected chi connectivity index (χ2v) is 7.47. The van der Waals surface area contributed by atoms with Crippen molar-refractivity contribution in [2.75, 3.05) is 6.54 Å². The lowest BCUT2D eigenvalue weighted by Crippen LogP contribution is -2.27. The lowest BCUT2D eigenvalue weighted by atomic mass is 9.81. The molecule has 0 spiro atoms. The molecule has 1 heteroatoms. The molecule has 2 saturated carbocycles. The summed E-state index contributed by atoms with van der Waals surface area (Å²) in [5.74, 6) is 3.06. The number of fused-ring (bicyclic) bond motifs is 2. The number of rotatable bonds is 6. The first kappa shape index (κ1) is 15.1. The van der Waals surface area contributed by atoms with Gasteiger partial charge in [0.25, 0.3) is 0 Å². The molecule has 116 valence electrons. The zero-order chi connectivity index (χ0) is 14.8. The standard InChI is InChI=1S/C20H31N/c1-4-10-21-20(19-7-5-6-14(2)15(19)3)13-18-12-16-8-9-17(18)11-16/h5-7,16-18,20-21H,4,8-13H2,1-3H3. The van der Waals surface area contributed by atoms with Crippen molar-refractivity contribution in [2.24, 2.45) is 17.8 Å². The average Bonchev–Trinajstić information content (AvgIpc) is 3.09. The van der Waals surface area contributed by atoms with Crippen molar-refractivity contribution >= 4 is 0 Å². The van der Waals surface area contributed by atoms with Crippen LogP contribution in [0.5, 0.6) is 0 Å². The number of hydrogen-bond donors (Lipinski definition) is 1. The Labute approximate surface area is 130 Å². The molecule has 0 amide bonds. The zero-order valence-corrected chi connectivity index (χ0v) is 14.0. The van der Waals surface area contributed by atoms with Gasteiger partial charge in [-0.25, -0.2) is 0 Å². The summed E-state index contributed by atoms with van der Waals surface area (Å²) < 4.78 is 0. The number of aryl methyl sites for hydroxylation is 1. The fourth-order valence-corrected chi connectivity index (χ4v) is 4.76. The van der Waals surface area contributed by atoms with Gasteiger partial charge in [-0.3, -0.25) is 0 Å². The van der Waals surface area contributed by atoms with Gasteiger partial charge in [0.05, 0.1) is 0 Å². The van der Waals surface area contributed by atoms with Crippen LogP contribution in [0.2, 0.25) is 0 Å². The molecule has 2 aliphatic carbocycles. The molecule has 1 N–H and O–H groups in total. The summed E-state index contributed by atoms with van der Waals surface area (Å²) in [4.78, 5) is 0. The quantitative estimate of drug-likeness (QED) is 0.760. The highest BCUT2D eigenvalue weighted by molar-refractivity contribution is 5.35.